The first-order chi connectivity index (χ1) is 9.75. The molecule has 104 valence electrons. The third-order valence-electron chi connectivity index (χ3n) is 3.48. The lowest BCUT2D eigenvalue weighted by Gasteiger charge is -2.28. The smallest absolute Gasteiger partial charge is 0.240 e. The van der Waals surface area contributed by atoms with E-state index >= 15 is 0 Å². The Kier molecular flexibility index (Phi) is 4.08. The minimum Gasteiger partial charge on any atom is -0.339 e. The zero-order chi connectivity index (χ0) is 13.9. The molecule has 0 fully saturated rings. The van der Waals surface area contributed by atoms with Crippen LogP contribution in [0.2, 0.25) is 0 Å². The molecule has 1 aromatic heterocycles. The van der Waals surface area contributed by atoms with Gasteiger partial charge in [0.05, 0.1) is 17.7 Å². The van der Waals surface area contributed by atoms with Crippen molar-refractivity contribution in [3.8, 4) is 0 Å². The first kappa shape index (κ1) is 13.6. The van der Waals surface area contributed by atoms with Gasteiger partial charge in [-0.25, -0.2) is 4.98 Å². The van der Waals surface area contributed by atoms with Gasteiger partial charge in [-0.15, -0.1) is 23.1 Å². The van der Waals surface area contributed by atoms with E-state index in [2.05, 4.69) is 23.2 Å². The molecule has 0 bridgehead atoms. The van der Waals surface area contributed by atoms with Crippen molar-refractivity contribution in [2.24, 2.45) is 0 Å². The van der Waals surface area contributed by atoms with Gasteiger partial charge in [0.1, 0.15) is 5.25 Å². The van der Waals surface area contributed by atoms with Gasteiger partial charge in [0.15, 0.2) is 0 Å². The van der Waals surface area contributed by atoms with Gasteiger partial charge in [-0.2, -0.15) is 0 Å². The number of amides is 1. The number of rotatable bonds is 3. The average molecular weight is 304 g/mol. The molecule has 2 heterocycles. The van der Waals surface area contributed by atoms with Crippen molar-refractivity contribution in [1.82, 2.24) is 9.88 Å². The largest absolute Gasteiger partial charge is 0.339 e. The predicted octanol–water partition coefficient (Wildman–Crippen LogP) is 3.13. The van der Waals surface area contributed by atoms with Gasteiger partial charge < -0.3 is 4.90 Å². The molecule has 1 amide bonds. The first-order valence-corrected chi connectivity index (χ1v) is 8.56. The van der Waals surface area contributed by atoms with Gasteiger partial charge >= 0.3 is 0 Å². The molecule has 0 spiro atoms. The zero-order valence-corrected chi connectivity index (χ0v) is 12.9. The number of aryl methyl sites for hydroxylation is 1. The molecule has 1 atom stereocenters. The van der Waals surface area contributed by atoms with Crippen LogP contribution in [-0.2, 0) is 17.8 Å². The number of fused-ring (bicyclic) bond motifs is 1. The maximum atomic E-state index is 12.7. The standard InChI is InChI=1S/C15H16N2OS2/c1-17(8-12-9-19-10-16-12)15(18)14-13-5-3-2-4-11(13)6-7-20-14/h2-5,9-10,14H,6-8H2,1H3/t14-/m0/s1. The fourth-order valence-corrected chi connectivity index (χ4v) is 4.29. The summed E-state index contributed by atoms with van der Waals surface area (Å²) in [7, 11) is 1.86. The van der Waals surface area contributed by atoms with Crippen LogP contribution in [0.4, 0.5) is 0 Å². The number of likely N-dealkylation sites (N-methyl/N-ethyl adjacent to an activating group) is 1. The number of hydrogen-bond donors (Lipinski definition) is 0. The van der Waals surface area contributed by atoms with Crippen LogP contribution in [0.25, 0.3) is 0 Å². The van der Waals surface area contributed by atoms with Gasteiger partial charge in [-0.1, -0.05) is 24.3 Å². The summed E-state index contributed by atoms with van der Waals surface area (Å²) in [6, 6.07) is 8.29. The van der Waals surface area contributed by atoms with E-state index in [1.807, 2.05) is 18.5 Å². The van der Waals surface area contributed by atoms with E-state index in [-0.39, 0.29) is 11.2 Å². The highest BCUT2D eigenvalue weighted by Crippen LogP contribution is 2.37. The topological polar surface area (TPSA) is 33.2 Å². The van der Waals surface area contributed by atoms with E-state index in [0.29, 0.717) is 6.54 Å². The quantitative estimate of drug-likeness (QED) is 0.873. The molecule has 2 aromatic rings. The molecule has 0 unspecified atom stereocenters. The van der Waals surface area contributed by atoms with Crippen molar-refractivity contribution in [3.63, 3.8) is 0 Å². The molecule has 0 aliphatic carbocycles. The number of benzene rings is 1. The predicted molar refractivity (Wildman–Crippen MR) is 83.9 cm³/mol. The number of thiazole rings is 1. The van der Waals surface area contributed by atoms with Crippen molar-refractivity contribution < 1.29 is 4.79 Å². The van der Waals surface area contributed by atoms with E-state index in [9.17, 15) is 4.79 Å². The molecule has 20 heavy (non-hydrogen) atoms. The number of carbonyl (C=O) groups is 1. The van der Waals surface area contributed by atoms with Gasteiger partial charge in [0, 0.05) is 12.4 Å². The summed E-state index contributed by atoms with van der Waals surface area (Å²) in [5, 5.41) is 1.93. The van der Waals surface area contributed by atoms with Crippen molar-refractivity contribution in [2.75, 3.05) is 12.8 Å². The molecule has 0 N–H and O–H groups in total. The fourth-order valence-electron chi connectivity index (χ4n) is 2.44. The lowest BCUT2D eigenvalue weighted by atomic mass is 10.0. The molecule has 5 heteroatoms. The van der Waals surface area contributed by atoms with Crippen molar-refractivity contribution in [2.45, 2.75) is 18.2 Å². The summed E-state index contributed by atoms with van der Waals surface area (Å²) in [6.45, 7) is 0.585. The first-order valence-electron chi connectivity index (χ1n) is 6.57. The van der Waals surface area contributed by atoms with Gasteiger partial charge in [0.2, 0.25) is 5.91 Å². The molecule has 3 nitrogen and oxygen atoms in total. The summed E-state index contributed by atoms with van der Waals surface area (Å²) in [5.41, 5.74) is 5.25. The minimum absolute atomic E-state index is 0.0661. The normalized spacial score (nSPS) is 17.6. The number of carbonyl (C=O) groups excluding carboxylic acids is 1. The van der Waals surface area contributed by atoms with E-state index in [0.717, 1.165) is 17.9 Å². The Morgan fingerprint density at radius 3 is 3.10 bits per heavy atom. The Morgan fingerprint density at radius 2 is 2.30 bits per heavy atom. The Balaban J connectivity index is 1.77. The molecule has 1 aromatic carbocycles. The second-order valence-electron chi connectivity index (χ2n) is 4.87. The van der Waals surface area contributed by atoms with Crippen LogP contribution >= 0.6 is 23.1 Å². The molecule has 0 saturated carbocycles. The molecule has 1 aliphatic heterocycles. The highest BCUT2D eigenvalue weighted by atomic mass is 32.2. The summed E-state index contributed by atoms with van der Waals surface area (Å²) in [6.07, 6.45) is 1.06. The lowest BCUT2D eigenvalue weighted by Crippen LogP contribution is -2.32. The van der Waals surface area contributed by atoms with Gasteiger partial charge in [0.25, 0.3) is 0 Å². The van der Waals surface area contributed by atoms with Crippen LogP contribution in [0.15, 0.2) is 35.2 Å². The molecule has 1 aliphatic rings. The highest BCUT2D eigenvalue weighted by Gasteiger charge is 2.29. The summed E-state index contributed by atoms with van der Waals surface area (Å²) in [4.78, 5) is 18.7. The Bertz CT molecular complexity index is 598. The Morgan fingerprint density at radius 1 is 1.45 bits per heavy atom. The molecular formula is C15H16N2OS2. The van der Waals surface area contributed by atoms with E-state index in [1.165, 1.54) is 11.1 Å². The molecular weight excluding hydrogens is 288 g/mol. The lowest BCUT2D eigenvalue weighted by molar-refractivity contribution is -0.130. The van der Waals surface area contributed by atoms with Crippen molar-refractivity contribution in [1.29, 1.82) is 0 Å². The van der Waals surface area contributed by atoms with E-state index < -0.39 is 0 Å². The Labute approximate surface area is 127 Å². The summed E-state index contributed by atoms with van der Waals surface area (Å²) in [5.74, 6) is 1.19. The van der Waals surface area contributed by atoms with Crippen LogP contribution in [0.3, 0.4) is 0 Å². The average Bonchev–Trinajstić information content (AvgIpc) is 2.99. The molecule has 0 saturated heterocycles. The maximum Gasteiger partial charge on any atom is 0.240 e. The highest BCUT2D eigenvalue weighted by molar-refractivity contribution is 8.00. The minimum atomic E-state index is -0.0661. The van der Waals surface area contributed by atoms with Crippen LogP contribution in [0.5, 0.6) is 0 Å². The summed E-state index contributed by atoms with van der Waals surface area (Å²) < 4.78 is 0. The number of nitrogens with zero attached hydrogens (tertiary/aromatic N) is 2. The Hall–Kier alpha value is -1.33. The molecule has 3 rings (SSSR count). The van der Waals surface area contributed by atoms with Crippen LogP contribution < -0.4 is 0 Å². The van der Waals surface area contributed by atoms with Crippen LogP contribution in [0, 0.1) is 0 Å². The number of hydrogen-bond acceptors (Lipinski definition) is 4. The SMILES string of the molecule is CN(Cc1cscn1)C(=O)[C@H]1SCCc2ccccc21. The third-order valence-corrected chi connectivity index (χ3v) is 5.34. The van der Waals surface area contributed by atoms with E-state index in [1.54, 1.807) is 33.5 Å². The third kappa shape index (κ3) is 2.74. The number of thioether (sulfide) groups is 1. The molecule has 0 radical (unpaired) electrons. The second-order valence-corrected chi connectivity index (χ2v) is 6.81. The number of aromatic nitrogens is 1. The monoisotopic (exact) mass is 304 g/mol. The fraction of sp³-hybridized carbons (Fsp3) is 0.333. The van der Waals surface area contributed by atoms with Crippen LogP contribution in [0.1, 0.15) is 22.1 Å². The van der Waals surface area contributed by atoms with Crippen molar-refractivity contribution >= 4 is 29.0 Å². The second kappa shape index (κ2) is 5.97. The van der Waals surface area contributed by atoms with Gasteiger partial charge in [-0.3, -0.25) is 4.79 Å². The summed E-state index contributed by atoms with van der Waals surface area (Å²) >= 11 is 3.31. The van der Waals surface area contributed by atoms with Gasteiger partial charge in [-0.05, 0) is 23.3 Å². The zero-order valence-electron chi connectivity index (χ0n) is 11.3. The van der Waals surface area contributed by atoms with Crippen LogP contribution in [-0.4, -0.2) is 28.6 Å². The maximum absolute atomic E-state index is 12.7. The van der Waals surface area contributed by atoms with Crippen molar-refractivity contribution in [3.05, 3.63) is 52.0 Å². The van der Waals surface area contributed by atoms with E-state index in [4.69, 9.17) is 0 Å².